The lowest BCUT2D eigenvalue weighted by atomic mass is 9.93. The summed E-state index contributed by atoms with van der Waals surface area (Å²) in [5, 5.41) is 0. The van der Waals surface area contributed by atoms with E-state index in [1.165, 1.54) is 13.0 Å². The molecule has 0 amide bonds. The molecule has 32 heavy (non-hydrogen) atoms. The molecule has 180 valence electrons. The molecule has 2 rings (SSSR count). The Morgan fingerprint density at radius 1 is 1.19 bits per heavy atom. The van der Waals surface area contributed by atoms with Gasteiger partial charge in [0.2, 0.25) is 0 Å². The van der Waals surface area contributed by atoms with Crippen molar-refractivity contribution in [2.45, 2.75) is 110 Å². The van der Waals surface area contributed by atoms with Crippen LogP contribution < -0.4 is 0 Å². The van der Waals surface area contributed by atoms with Crippen LogP contribution in [0.3, 0.4) is 0 Å². The molecule has 0 spiro atoms. The molecule has 6 atom stereocenters. The van der Waals surface area contributed by atoms with E-state index in [1.54, 1.807) is 6.08 Å². The van der Waals surface area contributed by atoms with Gasteiger partial charge in [-0.3, -0.25) is 9.59 Å². The molecule has 0 radical (unpaired) electrons. The molecule has 2 aliphatic rings. The predicted molar refractivity (Wildman–Crippen MR) is 123 cm³/mol. The lowest BCUT2D eigenvalue weighted by Crippen LogP contribution is -2.28. The molecule has 1 fully saturated rings. The van der Waals surface area contributed by atoms with E-state index in [4.69, 9.17) is 14.2 Å². The molecule has 6 nitrogen and oxygen atoms in total. The molecule has 0 unspecified atom stereocenters. The van der Waals surface area contributed by atoms with Crippen LogP contribution in [0.15, 0.2) is 23.8 Å². The zero-order valence-corrected chi connectivity index (χ0v) is 20.5. The van der Waals surface area contributed by atoms with Gasteiger partial charge in [0.1, 0.15) is 18.0 Å². The van der Waals surface area contributed by atoms with Gasteiger partial charge >= 0.3 is 11.9 Å². The highest BCUT2D eigenvalue weighted by molar-refractivity contribution is 5.82. The second-order valence-electron chi connectivity index (χ2n) is 9.92. The summed E-state index contributed by atoms with van der Waals surface area (Å²) in [6, 6.07) is 0. The minimum absolute atomic E-state index is 0.0109. The summed E-state index contributed by atoms with van der Waals surface area (Å²) >= 11 is 0. The Balaban J connectivity index is 2.26. The minimum Gasteiger partial charge on any atom is -0.461 e. The van der Waals surface area contributed by atoms with Crippen LogP contribution in [0.25, 0.3) is 0 Å². The summed E-state index contributed by atoms with van der Waals surface area (Å²) in [4.78, 5) is 36.7. The third kappa shape index (κ3) is 8.19. The largest absolute Gasteiger partial charge is 0.461 e. The van der Waals surface area contributed by atoms with Crippen LogP contribution in [-0.4, -0.2) is 41.6 Å². The molecular formula is C26H40O6. The average molecular weight is 449 g/mol. The van der Waals surface area contributed by atoms with E-state index in [0.717, 1.165) is 31.3 Å². The first kappa shape index (κ1) is 26.3. The number of hydrogen-bond acceptors (Lipinski definition) is 6. The van der Waals surface area contributed by atoms with Crippen molar-refractivity contribution < 1.29 is 28.6 Å². The van der Waals surface area contributed by atoms with Crippen molar-refractivity contribution in [3.8, 4) is 0 Å². The summed E-state index contributed by atoms with van der Waals surface area (Å²) in [7, 11) is 0. The number of cyclic esters (lactones) is 1. The van der Waals surface area contributed by atoms with Crippen LogP contribution >= 0.6 is 0 Å². The van der Waals surface area contributed by atoms with Gasteiger partial charge in [-0.25, -0.2) is 4.79 Å². The van der Waals surface area contributed by atoms with Crippen LogP contribution in [0.2, 0.25) is 0 Å². The van der Waals surface area contributed by atoms with E-state index in [2.05, 4.69) is 19.9 Å². The number of carbonyl (C=O) groups excluding carboxylic acids is 3. The van der Waals surface area contributed by atoms with Crippen molar-refractivity contribution in [1.29, 1.82) is 0 Å². The van der Waals surface area contributed by atoms with Crippen molar-refractivity contribution >= 4 is 17.7 Å². The van der Waals surface area contributed by atoms with Gasteiger partial charge in [-0.2, -0.15) is 0 Å². The maximum Gasteiger partial charge on any atom is 0.330 e. The van der Waals surface area contributed by atoms with E-state index >= 15 is 0 Å². The number of rotatable bonds is 4. The zero-order chi connectivity index (χ0) is 23.9. The lowest BCUT2D eigenvalue weighted by Gasteiger charge is -2.24. The minimum atomic E-state index is -0.493. The van der Waals surface area contributed by atoms with Gasteiger partial charge in [-0.1, -0.05) is 44.9 Å². The summed E-state index contributed by atoms with van der Waals surface area (Å²) < 4.78 is 17.8. The van der Waals surface area contributed by atoms with Gasteiger partial charge in [-0.15, -0.1) is 0 Å². The Morgan fingerprint density at radius 3 is 2.56 bits per heavy atom. The van der Waals surface area contributed by atoms with Crippen LogP contribution in [0.1, 0.15) is 86.5 Å². The lowest BCUT2D eigenvalue weighted by molar-refractivity contribution is -0.152. The maximum absolute atomic E-state index is 12.5. The number of Topliss-reactive ketones (excluding diaryl/α,β-unsaturated/α-hetero) is 1. The summed E-state index contributed by atoms with van der Waals surface area (Å²) in [5.74, 6) is -1.05. The SMILES string of the molecule is CCC[C@]1(C)C[C@H]2OC(=O)/C=C\[C@@H](C)CC(=O)O[C@@H](CC(C)=O)[C@H](C)/C=C(\C)CC[C@@H]2O1. The Bertz CT molecular complexity index is 739. The molecule has 0 N–H and O–H groups in total. The summed E-state index contributed by atoms with van der Waals surface area (Å²) in [5.41, 5.74) is 0.849. The van der Waals surface area contributed by atoms with E-state index in [9.17, 15) is 14.4 Å². The molecule has 2 aliphatic heterocycles. The fourth-order valence-corrected chi connectivity index (χ4v) is 4.71. The second-order valence-corrected chi connectivity index (χ2v) is 9.92. The molecule has 0 bridgehead atoms. The van der Waals surface area contributed by atoms with Gasteiger partial charge in [-0.05, 0) is 46.0 Å². The van der Waals surface area contributed by atoms with Crippen molar-refractivity contribution in [3.05, 3.63) is 23.8 Å². The van der Waals surface area contributed by atoms with Crippen molar-refractivity contribution in [1.82, 2.24) is 0 Å². The monoisotopic (exact) mass is 448 g/mol. The zero-order valence-electron chi connectivity index (χ0n) is 20.5. The number of fused-ring (bicyclic) bond motifs is 1. The third-order valence-electron chi connectivity index (χ3n) is 6.31. The Morgan fingerprint density at radius 2 is 1.91 bits per heavy atom. The molecule has 1 saturated heterocycles. The van der Waals surface area contributed by atoms with Crippen LogP contribution in [0.5, 0.6) is 0 Å². The van der Waals surface area contributed by atoms with Gasteiger partial charge in [0, 0.05) is 24.8 Å². The average Bonchev–Trinajstić information content (AvgIpc) is 2.98. The van der Waals surface area contributed by atoms with Crippen molar-refractivity contribution in [3.63, 3.8) is 0 Å². The predicted octanol–water partition coefficient (Wildman–Crippen LogP) is 5.10. The number of esters is 2. The molecule has 0 aromatic rings. The number of carbonyl (C=O) groups is 3. The first-order valence-electron chi connectivity index (χ1n) is 11.9. The summed E-state index contributed by atoms with van der Waals surface area (Å²) in [6.45, 7) is 11.6. The third-order valence-corrected chi connectivity index (χ3v) is 6.31. The molecular weight excluding hydrogens is 408 g/mol. The van der Waals surface area contributed by atoms with E-state index in [0.29, 0.717) is 6.42 Å². The Labute approximate surface area is 192 Å². The Hall–Kier alpha value is -1.95. The quantitative estimate of drug-likeness (QED) is 0.440. The van der Waals surface area contributed by atoms with Crippen LogP contribution in [0.4, 0.5) is 0 Å². The topological polar surface area (TPSA) is 78.9 Å². The maximum atomic E-state index is 12.5. The standard InChI is InChI=1S/C26H40O6/c1-7-12-26(6)16-23-21(32-26)10-8-17(2)13-19(4)22(15-20(5)27)30-25(29)14-18(3)9-11-24(28)31-23/h9,11,13,18-19,21-23H,7-8,10,12,14-16H2,1-6H3/b11-9-,17-13+/t18-,19-,21+,22+,23-,26-/m1/s1. The molecule has 6 heteroatoms. The van der Waals surface area contributed by atoms with Gasteiger partial charge in [0.25, 0.3) is 0 Å². The van der Waals surface area contributed by atoms with Gasteiger partial charge < -0.3 is 14.2 Å². The normalized spacial score (nSPS) is 37.6. The second kappa shape index (κ2) is 11.8. The number of ether oxygens (including phenoxy) is 3. The number of allylic oxidation sites excluding steroid dienone is 2. The number of hydrogen-bond donors (Lipinski definition) is 0. The molecule has 0 aromatic carbocycles. The highest BCUT2D eigenvalue weighted by Crippen LogP contribution is 2.38. The first-order valence-corrected chi connectivity index (χ1v) is 11.9. The summed E-state index contributed by atoms with van der Waals surface area (Å²) in [6.07, 6.45) is 8.68. The first-order chi connectivity index (χ1) is 15.0. The smallest absolute Gasteiger partial charge is 0.330 e. The highest BCUT2D eigenvalue weighted by Gasteiger charge is 2.44. The van der Waals surface area contributed by atoms with Gasteiger partial charge in [0.15, 0.2) is 0 Å². The molecule has 0 aliphatic carbocycles. The fourth-order valence-electron chi connectivity index (χ4n) is 4.71. The van der Waals surface area contributed by atoms with Crippen LogP contribution in [-0.2, 0) is 28.6 Å². The van der Waals surface area contributed by atoms with Crippen LogP contribution in [0, 0.1) is 11.8 Å². The van der Waals surface area contributed by atoms with E-state index in [1.807, 2.05) is 20.8 Å². The fraction of sp³-hybridized carbons (Fsp3) is 0.731. The molecule has 0 saturated carbocycles. The van der Waals surface area contributed by atoms with Gasteiger partial charge in [0.05, 0.1) is 18.1 Å². The highest BCUT2D eigenvalue weighted by atomic mass is 16.6. The van der Waals surface area contributed by atoms with Crippen molar-refractivity contribution in [2.75, 3.05) is 0 Å². The molecule has 2 heterocycles. The Kier molecular flexibility index (Phi) is 9.68. The molecule has 0 aromatic heterocycles. The van der Waals surface area contributed by atoms with E-state index in [-0.39, 0.29) is 54.2 Å². The van der Waals surface area contributed by atoms with Crippen molar-refractivity contribution in [2.24, 2.45) is 11.8 Å². The van der Waals surface area contributed by atoms with E-state index < -0.39 is 12.1 Å². The number of ketones is 1.